The highest BCUT2D eigenvalue weighted by atomic mass is 79.9. The standard InChI is InChI=1S/C27H23BrN4O6S2/c1-5-37-24(35)21-14(3)30-27-32(22(21)15-6-8-16(36-4)9-7-15)23(34)19(39-27)12-17-11-18(28)25(38-17)40-26-29-13(2)10-20(33)31-26/h6-12,22H,5H2,1-4H3,(H,29,31,33)/b19-12+/t22-/m0/s1. The van der Waals surface area contributed by atoms with E-state index in [4.69, 9.17) is 13.9 Å². The summed E-state index contributed by atoms with van der Waals surface area (Å²) in [5, 5.41) is 0.844. The van der Waals surface area contributed by atoms with Gasteiger partial charge in [-0.3, -0.25) is 14.2 Å². The molecule has 4 heterocycles. The molecule has 0 saturated carbocycles. The van der Waals surface area contributed by atoms with Crippen molar-refractivity contribution in [1.29, 1.82) is 0 Å². The summed E-state index contributed by atoms with van der Waals surface area (Å²) in [5.74, 6) is 0.534. The maximum absolute atomic E-state index is 13.8. The number of nitrogens with one attached hydrogen (secondary N) is 1. The maximum atomic E-state index is 13.8. The van der Waals surface area contributed by atoms with Crippen molar-refractivity contribution in [3.05, 3.63) is 99.2 Å². The van der Waals surface area contributed by atoms with Crippen molar-refractivity contribution in [3.8, 4) is 5.75 Å². The number of H-pyrrole nitrogens is 1. The van der Waals surface area contributed by atoms with Crippen LogP contribution in [-0.4, -0.2) is 34.2 Å². The highest BCUT2D eigenvalue weighted by Gasteiger charge is 2.33. The van der Waals surface area contributed by atoms with Crippen LogP contribution >= 0.6 is 39.0 Å². The van der Waals surface area contributed by atoms with Gasteiger partial charge >= 0.3 is 5.97 Å². The molecule has 0 spiro atoms. The molecule has 0 radical (unpaired) electrons. The molecule has 10 nitrogen and oxygen atoms in total. The normalized spacial score (nSPS) is 15.1. The maximum Gasteiger partial charge on any atom is 0.338 e. The fraction of sp³-hybridized carbons (Fsp3) is 0.222. The highest BCUT2D eigenvalue weighted by molar-refractivity contribution is 9.10. The number of aromatic nitrogens is 3. The first-order chi connectivity index (χ1) is 19.2. The van der Waals surface area contributed by atoms with E-state index in [1.807, 2.05) is 12.1 Å². The molecule has 1 aliphatic rings. The first kappa shape index (κ1) is 27.9. The zero-order valence-corrected chi connectivity index (χ0v) is 25.0. The molecule has 1 aromatic carbocycles. The Morgan fingerprint density at radius 3 is 2.67 bits per heavy atom. The summed E-state index contributed by atoms with van der Waals surface area (Å²) in [6, 6.07) is 9.58. The molecular weight excluding hydrogens is 620 g/mol. The smallest absolute Gasteiger partial charge is 0.338 e. The Balaban J connectivity index is 1.59. The average Bonchev–Trinajstić information content (AvgIpc) is 3.40. The minimum Gasteiger partial charge on any atom is -0.497 e. The van der Waals surface area contributed by atoms with Gasteiger partial charge in [-0.05, 0) is 72.2 Å². The number of nitrogens with zero attached hydrogens (tertiary/aromatic N) is 3. The minimum atomic E-state index is -0.734. The van der Waals surface area contributed by atoms with E-state index in [-0.39, 0.29) is 17.7 Å². The third kappa shape index (κ3) is 5.49. The molecule has 40 heavy (non-hydrogen) atoms. The van der Waals surface area contributed by atoms with Crippen molar-refractivity contribution < 1.29 is 18.7 Å². The number of fused-ring (bicyclic) bond motifs is 1. The van der Waals surface area contributed by atoms with Gasteiger partial charge < -0.3 is 18.9 Å². The van der Waals surface area contributed by atoms with Crippen molar-refractivity contribution in [2.75, 3.05) is 13.7 Å². The van der Waals surface area contributed by atoms with Gasteiger partial charge in [0.25, 0.3) is 11.1 Å². The molecular formula is C27H23BrN4O6S2. The molecule has 13 heteroatoms. The van der Waals surface area contributed by atoms with E-state index < -0.39 is 12.0 Å². The fourth-order valence-electron chi connectivity index (χ4n) is 4.22. The topological polar surface area (TPSA) is 129 Å². The van der Waals surface area contributed by atoms with Crippen LogP contribution in [0, 0.1) is 6.92 Å². The van der Waals surface area contributed by atoms with E-state index in [9.17, 15) is 14.4 Å². The summed E-state index contributed by atoms with van der Waals surface area (Å²) in [6.45, 7) is 5.38. The molecule has 5 rings (SSSR count). The van der Waals surface area contributed by atoms with Crippen molar-refractivity contribution >= 4 is 51.1 Å². The van der Waals surface area contributed by atoms with Gasteiger partial charge in [-0.25, -0.2) is 14.8 Å². The summed E-state index contributed by atoms with van der Waals surface area (Å²) in [5.41, 5.74) is 1.48. The number of aryl methyl sites for hydroxylation is 1. The van der Waals surface area contributed by atoms with Gasteiger partial charge in [-0.15, -0.1) is 0 Å². The molecule has 1 N–H and O–H groups in total. The van der Waals surface area contributed by atoms with Crippen LogP contribution in [0.1, 0.15) is 36.9 Å². The molecule has 0 saturated heterocycles. The number of thiazole rings is 1. The Kier molecular flexibility index (Phi) is 7.97. The first-order valence-electron chi connectivity index (χ1n) is 12.1. The number of carbonyl (C=O) groups excluding carboxylic acids is 1. The average molecular weight is 644 g/mol. The van der Waals surface area contributed by atoms with E-state index in [0.29, 0.717) is 58.1 Å². The number of allylic oxidation sites excluding steroid dienone is 1. The summed E-state index contributed by atoms with van der Waals surface area (Å²) in [7, 11) is 1.57. The lowest BCUT2D eigenvalue weighted by molar-refractivity contribution is -0.139. The Labute approximate surface area is 244 Å². The predicted molar refractivity (Wildman–Crippen MR) is 154 cm³/mol. The van der Waals surface area contributed by atoms with Gasteiger partial charge in [0.2, 0.25) is 0 Å². The first-order valence-corrected chi connectivity index (χ1v) is 14.5. The largest absolute Gasteiger partial charge is 0.497 e. The molecule has 206 valence electrons. The molecule has 0 aliphatic carbocycles. The van der Waals surface area contributed by atoms with Gasteiger partial charge in [0, 0.05) is 17.8 Å². The lowest BCUT2D eigenvalue weighted by atomic mass is 9.96. The molecule has 0 amide bonds. The number of esters is 1. The number of rotatable bonds is 7. The highest BCUT2D eigenvalue weighted by Crippen LogP contribution is 2.35. The number of aromatic amines is 1. The van der Waals surface area contributed by atoms with Crippen LogP contribution in [-0.2, 0) is 9.53 Å². The lowest BCUT2D eigenvalue weighted by Gasteiger charge is -2.24. The number of benzene rings is 1. The predicted octanol–water partition coefficient (Wildman–Crippen LogP) is 3.71. The van der Waals surface area contributed by atoms with Crippen molar-refractivity contribution in [2.45, 2.75) is 37.1 Å². The molecule has 0 fully saturated rings. The fourth-order valence-corrected chi connectivity index (χ4v) is 6.61. The number of ether oxygens (including phenoxy) is 2. The number of furan rings is 1. The molecule has 3 aromatic heterocycles. The summed E-state index contributed by atoms with van der Waals surface area (Å²) in [6.07, 6.45) is 1.62. The van der Waals surface area contributed by atoms with Crippen molar-refractivity contribution in [3.63, 3.8) is 0 Å². The summed E-state index contributed by atoms with van der Waals surface area (Å²) < 4.78 is 19.1. The van der Waals surface area contributed by atoms with Crippen LogP contribution in [0.3, 0.4) is 0 Å². The van der Waals surface area contributed by atoms with E-state index >= 15 is 0 Å². The van der Waals surface area contributed by atoms with Gasteiger partial charge in [-0.1, -0.05) is 23.5 Å². The third-order valence-corrected chi connectivity index (χ3v) is 8.64. The van der Waals surface area contributed by atoms with Gasteiger partial charge in [0.05, 0.1) is 40.0 Å². The second-order valence-electron chi connectivity index (χ2n) is 8.65. The SMILES string of the molecule is CCOC(=O)C1=C(C)N=c2s/c(=C/c3cc(Br)c(Sc4nc(C)cc(=O)[nH]4)o3)c(=O)n2[C@H]1c1ccc(OC)cc1. The van der Waals surface area contributed by atoms with Crippen LogP contribution < -0.4 is 25.2 Å². The zero-order chi connectivity index (χ0) is 28.6. The summed E-state index contributed by atoms with van der Waals surface area (Å²) in [4.78, 5) is 50.7. The quantitative estimate of drug-likeness (QED) is 0.239. The van der Waals surface area contributed by atoms with Crippen molar-refractivity contribution in [2.24, 2.45) is 4.99 Å². The molecule has 1 atom stereocenters. The second-order valence-corrected chi connectivity index (χ2v) is 11.5. The number of halogens is 1. The van der Waals surface area contributed by atoms with E-state index in [1.165, 1.54) is 22.0 Å². The zero-order valence-electron chi connectivity index (χ0n) is 21.8. The monoisotopic (exact) mass is 642 g/mol. The number of methoxy groups -OCH3 is 1. The van der Waals surface area contributed by atoms with Gasteiger partial charge in [0.1, 0.15) is 11.5 Å². The van der Waals surface area contributed by atoms with Crippen molar-refractivity contribution in [1.82, 2.24) is 14.5 Å². The Bertz CT molecular complexity index is 1890. The van der Waals surface area contributed by atoms with Crippen LogP contribution in [0.15, 0.2) is 81.4 Å². The molecule has 0 bridgehead atoms. The van der Waals surface area contributed by atoms with Crippen LogP contribution in [0.4, 0.5) is 0 Å². The minimum absolute atomic E-state index is 0.190. The Hall–Kier alpha value is -3.68. The van der Waals surface area contributed by atoms with Crippen LogP contribution in [0.25, 0.3) is 6.08 Å². The molecule has 4 aromatic rings. The third-order valence-electron chi connectivity index (χ3n) is 5.93. The van der Waals surface area contributed by atoms with Crippen LogP contribution in [0.2, 0.25) is 0 Å². The molecule has 1 aliphatic heterocycles. The Morgan fingerprint density at radius 2 is 2.00 bits per heavy atom. The van der Waals surface area contributed by atoms with Crippen LogP contribution in [0.5, 0.6) is 5.75 Å². The summed E-state index contributed by atoms with van der Waals surface area (Å²) >= 11 is 5.82. The van der Waals surface area contributed by atoms with E-state index in [1.54, 1.807) is 52.2 Å². The molecule has 0 unspecified atom stereocenters. The van der Waals surface area contributed by atoms with Gasteiger partial charge in [0.15, 0.2) is 15.1 Å². The number of hydrogen-bond donors (Lipinski definition) is 1. The Morgan fingerprint density at radius 1 is 1.25 bits per heavy atom. The van der Waals surface area contributed by atoms with Gasteiger partial charge in [-0.2, -0.15) is 0 Å². The second kappa shape index (κ2) is 11.4. The van der Waals surface area contributed by atoms with E-state index in [2.05, 4.69) is 30.9 Å². The number of hydrogen-bond acceptors (Lipinski definition) is 10. The lowest BCUT2D eigenvalue weighted by Crippen LogP contribution is -2.39. The van der Waals surface area contributed by atoms with E-state index in [0.717, 1.165) is 11.8 Å². The number of carbonyl (C=O) groups is 1.